The molecule has 0 aliphatic rings. The lowest BCUT2D eigenvalue weighted by atomic mass is 10.1. The van der Waals surface area contributed by atoms with Crippen molar-refractivity contribution in [1.29, 1.82) is 0 Å². The highest BCUT2D eigenvalue weighted by Crippen LogP contribution is 2.17. The van der Waals surface area contributed by atoms with Gasteiger partial charge in [0, 0.05) is 23.0 Å². The molecule has 0 bridgehead atoms. The Balaban J connectivity index is 1.80. The fourth-order valence-electron chi connectivity index (χ4n) is 2.13. The van der Waals surface area contributed by atoms with Gasteiger partial charge in [-0.25, -0.2) is 8.42 Å². The van der Waals surface area contributed by atoms with Gasteiger partial charge in [-0.05, 0) is 42.3 Å². The van der Waals surface area contributed by atoms with Gasteiger partial charge < -0.3 is 5.32 Å². The van der Waals surface area contributed by atoms with E-state index in [1.54, 1.807) is 18.2 Å². The highest BCUT2D eigenvalue weighted by molar-refractivity contribution is 7.91. The van der Waals surface area contributed by atoms with Crippen LogP contribution in [0.2, 0.25) is 10.0 Å². The second-order valence-electron chi connectivity index (χ2n) is 5.26. The van der Waals surface area contributed by atoms with E-state index >= 15 is 0 Å². The standard InChI is InChI=1S/C17H17Cl2NO3S/c18-14-4-1-3-13(11-14)7-9-20-17(21)8-10-24(22,23)16-6-2-5-15(19)12-16/h1-6,11-12H,7-10H2,(H,20,21). The van der Waals surface area contributed by atoms with Gasteiger partial charge in [-0.15, -0.1) is 0 Å². The van der Waals surface area contributed by atoms with Crippen LogP contribution in [0, 0.1) is 0 Å². The van der Waals surface area contributed by atoms with E-state index in [2.05, 4.69) is 5.32 Å². The monoisotopic (exact) mass is 385 g/mol. The van der Waals surface area contributed by atoms with Crippen LogP contribution < -0.4 is 5.32 Å². The van der Waals surface area contributed by atoms with E-state index < -0.39 is 9.84 Å². The zero-order valence-corrected chi connectivity index (χ0v) is 15.2. The number of nitrogens with one attached hydrogen (secondary N) is 1. The molecular formula is C17H17Cl2NO3S. The minimum Gasteiger partial charge on any atom is -0.356 e. The Morgan fingerprint density at radius 1 is 1.00 bits per heavy atom. The summed E-state index contributed by atoms with van der Waals surface area (Å²) in [6.45, 7) is 0.427. The molecule has 0 heterocycles. The first-order chi connectivity index (χ1) is 11.4. The maximum Gasteiger partial charge on any atom is 0.221 e. The van der Waals surface area contributed by atoms with E-state index in [1.807, 2.05) is 18.2 Å². The topological polar surface area (TPSA) is 63.2 Å². The van der Waals surface area contributed by atoms with Crippen LogP contribution in [0.25, 0.3) is 0 Å². The van der Waals surface area contributed by atoms with Crippen LogP contribution in [-0.2, 0) is 21.1 Å². The molecule has 24 heavy (non-hydrogen) atoms. The van der Waals surface area contributed by atoms with Gasteiger partial charge in [0.25, 0.3) is 0 Å². The van der Waals surface area contributed by atoms with Crippen LogP contribution in [0.5, 0.6) is 0 Å². The summed E-state index contributed by atoms with van der Waals surface area (Å²) in [5.41, 5.74) is 1.01. The van der Waals surface area contributed by atoms with Gasteiger partial charge in [-0.3, -0.25) is 4.79 Å². The Bertz CT molecular complexity index is 822. The fraction of sp³-hybridized carbons (Fsp3) is 0.235. The predicted molar refractivity (Wildman–Crippen MR) is 96.3 cm³/mol. The van der Waals surface area contributed by atoms with Crippen molar-refractivity contribution in [1.82, 2.24) is 5.32 Å². The van der Waals surface area contributed by atoms with Crippen molar-refractivity contribution in [3.05, 3.63) is 64.1 Å². The van der Waals surface area contributed by atoms with Gasteiger partial charge >= 0.3 is 0 Å². The molecule has 2 rings (SSSR count). The van der Waals surface area contributed by atoms with Gasteiger partial charge in [0.1, 0.15) is 0 Å². The molecule has 0 aliphatic carbocycles. The van der Waals surface area contributed by atoms with Crippen molar-refractivity contribution in [3.8, 4) is 0 Å². The highest BCUT2D eigenvalue weighted by atomic mass is 35.5. The molecule has 0 aromatic heterocycles. The third-order valence-corrected chi connectivity index (χ3v) is 5.56. The summed E-state index contributed by atoms with van der Waals surface area (Å²) >= 11 is 11.7. The molecule has 2 aromatic carbocycles. The number of carbonyl (C=O) groups is 1. The Labute approximate surface area is 151 Å². The SMILES string of the molecule is O=C(CCS(=O)(=O)c1cccc(Cl)c1)NCCc1cccc(Cl)c1. The molecule has 0 fully saturated rings. The molecule has 2 aromatic rings. The van der Waals surface area contributed by atoms with Crippen LogP contribution in [0.4, 0.5) is 0 Å². The molecule has 0 unspecified atom stereocenters. The Hall–Kier alpha value is -1.56. The first-order valence-corrected chi connectivity index (χ1v) is 9.77. The van der Waals surface area contributed by atoms with Crippen LogP contribution in [0.15, 0.2) is 53.4 Å². The smallest absolute Gasteiger partial charge is 0.221 e. The first-order valence-electron chi connectivity index (χ1n) is 7.36. The second-order valence-corrected chi connectivity index (χ2v) is 8.24. The van der Waals surface area contributed by atoms with Gasteiger partial charge in [-0.2, -0.15) is 0 Å². The largest absolute Gasteiger partial charge is 0.356 e. The van der Waals surface area contributed by atoms with E-state index in [-0.39, 0.29) is 23.0 Å². The van der Waals surface area contributed by atoms with E-state index in [9.17, 15) is 13.2 Å². The number of amides is 1. The maximum atomic E-state index is 12.2. The first kappa shape index (κ1) is 18.8. The zero-order chi connectivity index (χ0) is 17.6. The lowest BCUT2D eigenvalue weighted by molar-refractivity contribution is -0.120. The molecule has 0 atom stereocenters. The Kier molecular flexibility index (Phi) is 6.66. The number of benzene rings is 2. The number of sulfone groups is 1. The summed E-state index contributed by atoms with van der Waals surface area (Å²) in [4.78, 5) is 11.9. The number of hydrogen-bond acceptors (Lipinski definition) is 3. The van der Waals surface area contributed by atoms with Gasteiger partial charge in [-0.1, -0.05) is 41.4 Å². The minimum atomic E-state index is -3.52. The number of rotatable bonds is 7. The third kappa shape index (κ3) is 5.82. The molecule has 4 nitrogen and oxygen atoms in total. The van der Waals surface area contributed by atoms with Gasteiger partial charge in [0.15, 0.2) is 9.84 Å². The molecular weight excluding hydrogens is 369 g/mol. The van der Waals surface area contributed by atoms with Crippen LogP contribution in [-0.4, -0.2) is 26.6 Å². The maximum absolute atomic E-state index is 12.2. The summed E-state index contributed by atoms with van der Waals surface area (Å²) < 4.78 is 24.3. The lowest BCUT2D eigenvalue weighted by Gasteiger charge is -2.07. The van der Waals surface area contributed by atoms with E-state index in [0.717, 1.165) is 5.56 Å². The van der Waals surface area contributed by atoms with Crippen molar-refractivity contribution >= 4 is 38.9 Å². The summed E-state index contributed by atoms with van der Waals surface area (Å²) in [5, 5.41) is 3.71. The molecule has 0 spiro atoms. The van der Waals surface area contributed by atoms with Crippen molar-refractivity contribution in [2.45, 2.75) is 17.7 Å². The lowest BCUT2D eigenvalue weighted by Crippen LogP contribution is -2.27. The summed E-state index contributed by atoms with van der Waals surface area (Å²) in [7, 11) is -3.52. The van der Waals surface area contributed by atoms with Crippen LogP contribution in [0.1, 0.15) is 12.0 Å². The predicted octanol–water partition coefficient (Wildman–Crippen LogP) is 3.52. The normalized spacial score (nSPS) is 11.2. The second kappa shape index (κ2) is 8.51. The molecule has 0 aliphatic heterocycles. The fourth-order valence-corrected chi connectivity index (χ4v) is 3.88. The van der Waals surface area contributed by atoms with Gasteiger partial charge in [0.05, 0.1) is 10.6 Å². The van der Waals surface area contributed by atoms with Crippen LogP contribution >= 0.6 is 23.2 Å². The molecule has 7 heteroatoms. The Morgan fingerprint density at radius 3 is 2.33 bits per heavy atom. The number of carbonyl (C=O) groups excluding carboxylic acids is 1. The number of halogens is 2. The minimum absolute atomic E-state index is 0.0929. The molecule has 0 saturated carbocycles. The van der Waals surface area contributed by atoms with Crippen molar-refractivity contribution in [2.75, 3.05) is 12.3 Å². The average molecular weight is 386 g/mol. The molecule has 1 amide bonds. The van der Waals surface area contributed by atoms with Crippen molar-refractivity contribution < 1.29 is 13.2 Å². The van der Waals surface area contributed by atoms with Gasteiger partial charge in [0.2, 0.25) is 5.91 Å². The molecule has 0 saturated heterocycles. The van der Waals surface area contributed by atoms with Crippen molar-refractivity contribution in [2.24, 2.45) is 0 Å². The molecule has 128 valence electrons. The van der Waals surface area contributed by atoms with Crippen molar-refractivity contribution in [3.63, 3.8) is 0 Å². The number of hydrogen-bond donors (Lipinski definition) is 1. The quantitative estimate of drug-likeness (QED) is 0.792. The van der Waals surface area contributed by atoms with E-state index in [1.165, 1.54) is 12.1 Å². The third-order valence-electron chi connectivity index (χ3n) is 3.38. The van der Waals surface area contributed by atoms with Crippen LogP contribution in [0.3, 0.4) is 0 Å². The summed E-state index contributed by atoms with van der Waals surface area (Å²) in [6.07, 6.45) is 0.539. The summed E-state index contributed by atoms with van der Waals surface area (Å²) in [6, 6.07) is 13.4. The van der Waals surface area contributed by atoms with E-state index in [0.29, 0.717) is 23.0 Å². The van der Waals surface area contributed by atoms with E-state index in [4.69, 9.17) is 23.2 Å². The Morgan fingerprint density at radius 2 is 1.67 bits per heavy atom. The summed E-state index contributed by atoms with van der Waals surface area (Å²) in [5.74, 6) is -0.557. The highest BCUT2D eigenvalue weighted by Gasteiger charge is 2.16. The molecule has 0 radical (unpaired) electrons. The zero-order valence-electron chi connectivity index (χ0n) is 12.8. The average Bonchev–Trinajstić information content (AvgIpc) is 2.53. The molecule has 1 N–H and O–H groups in total.